The highest BCUT2D eigenvalue weighted by Crippen LogP contribution is 2.27. The summed E-state index contributed by atoms with van der Waals surface area (Å²) in [6.45, 7) is 2.05. The highest BCUT2D eigenvalue weighted by atomic mass is 19.1. The van der Waals surface area contributed by atoms with E-state index in [9.17, 15) is 9.18 Å². The minimum Gasteiger partial charge on any atom is -0.302 e. The number of hydrogen-bond acceptors (Lipinski definition) is 3. The van der Waals surface area contributed by atoms with E-state index in [0.717, 1.165) is 25.8 Å². The number of hydrogen-bond donors (Lipinski definition) is 0. The van der Waals surface area contributed by atoms with Gasteiger partial charge in [-0.2, -0.15) is 4.39 Å². The molecule has 3 nitrogen and oxygen atoms in total. The largest absolute Gasteiger partial charge is 0.302 e. The SMILES string of the molecule is O=CCN1CCC(c2cccnc2F)C1. The van der Waals surface area contributed by atoms with E-state index in [1.807, 2.05) is 4.90 Å². The first-order valence-electron chi connectivity index (χ1n) is 5.07. The van der Waals surface area contributed by atoms with Gasteiger partial charge in [-0.05, 0) is 19.0 Å². The zero-order chi connectivity index (χ0) is 10.7. The molecule has 1 atom stereocenters. The summed E-state index contributed by atoms with van der Waals surface area (Å²) in [7, 11) is 0. The molecule has 0 amide bonds. The Morgan fingerprint density at radius 1 is 1.67 bits per heavy atom. The highest BCUT2D eigenvalue weighted by molar-refractivity contribution is 5.52. The maximum atomic E-state index is 13.4. The fraction of sp³-hybridized carbons (Fsp3) is 0.455. The van der Waals surface area contributed by atoms with Gasteiger partial charge in [-0.15, -0.1) is 0 Å². The second-order valence-electron chi connectivity index (χ2n) is 3.80. The molecule has 0 N–H and O–H groups in total. The van der Waals surface area contributed by atoms with Crippen LogP contribution in [0, 0.1) is 5.95 Å². The third-order valence-corrected chi connectivity index (χ3v) is 2.83. The number of aldehydes is 1. The fourth-order valence-electron chi connectivity index (χ4n) is 2.06. The first-order valence-corrected chi connectivity index (χ1v) is 5.07. The number of halogens is 1. The lowest BCUT2D eigenvalue weighted by atomic mass is 10.0. The number of rotatable bonds is 3. The first-order chi connectivity index (χ1) is 7.31. The molecule has 0 bridgehead atoms. The summed E-state index contributed by atoms with van der Waals surface area (Å²) >= 11 is 0. The predicted octanol–water partition coefficient (Wildman–Crippen LogP) is 1.21. The molecule has 0 aromatic carbocycles. The zero-order valence-corrected chi connectivity index (χ0v) is 8.40. The minimum atomic E-state index is -0.379. The molecule has 1 aliphatic heterocycles. The molecule has 0 radical (unpaired) electrons. The van der Waals surface area contributed by atoms with Gasteiger partial charge in [-0.1, -0.05) is 6.07 Å². The number of aromatic nitrogens is 1. The van der Waals surface area contributed by atoms with Crippen molar-refractivity contribution >= 4 is 6.29 Å². The van der Waals surface area contributed by atoms with E-state index in [2.05, 4.69) is 4.98 Å². The summed E-state index contributed by atoms with van der Waals surface area (Å²) in [4.78, 5) is 16.0. The summed E-state index contributed by atoms with van der Waals surface area (Å²) in [6, 6.07) is 3.53. The van der Waals surface area contributed by atoms with Gasteiger partial charge in [0.05, 0.1) is 6.54 Å². The summed E-state index contributed by atoms with van der Waals surface area (Å²) in [5, 5.41) is 0. The van der Waals surface area contributed by atoms with Crippen LogP contribution in [0.5, 0.6) is 0 Å². The van der Waals surface area contributed by atoms with Crippen molar-refractivity contribution in [1.82, 2.24) is 9.88 Å². The molecule has 0 spiro atoms. The molecule has 0 saturated carbocycles. The number of carbonyl (C=O) groups excluding carboxylic acids is 1. The van der Waals surface area contributed by atoms with Crippen LogP contribution in [0.1, 0.15) is 17.9 Å². The number of nitrogens with zero attached hydrogens (tertiary/aromatic N) is 2. The Kier molecular flexibility index (Phi) is 3.06. The second kappa shape index (κ2) is 4.49. The van der Waals surface area contributed by atoms with Crippen LogP contribution < -0.4 is 0 Å². The van der Waals surface area contributed by atoms with Gasteiger partial charge in [0.25, 0.3) is 0 Å². The van der Waals surface area contributed by atoms with Gasteiger partial charge in [0.15, 0.2) is 0 Å². The maximum absolute atomic E-state index is 13.4. The van der Waals surface area contributed by atoms with E-state index < -0.39 is 0 Å². The van der Waals surface area contributed by atoms with Crippen molar-refractivity contribution in [2.45, 2.75) is 12.3 Å². The Labute approximate surface area is 87.9 Å². The van der Waals surface area contributed by atoms with E-state index >= 15 is 0 Å². The van der Waals surface area contributed by atoms with Crippen molar-refractivity contribution < 1.29 is 9.18 Å². The van der Waals surface area contributed by atoms with Crippen LogP contribution >= 0.6 is 0 Å². The van der Waals surface area contributed by atoms with Crippen LogP contribution in [-0.2, 0) is 4.79 Å². The Hall–Kier alpha value is -1.29. The van der Waals surface area contributed by atoms with Crippen molar-refractivity contribution in [3.63, 3.8) is 0 Å². The molecular weight excluding hydrogens is 195 g/mol. The Bertz CT molecular complexity index is 356. The van der Waals surface area contributed by atoms with Gasteiger partial charge in [-0.3, -0.25) is 4.90 Å². The van der Waals surface area contributed by atoms with Crippen molar-refractivity contribution in [1.29, 1.82) is 0 Å². The molecule has 0 aliphatic carbocycles. The van der Waals surface area contributed by atoms with Crippen LogP contribution in [0.15, 0.2) is 18.3 Å². The molecule has 1 saturated heterocycles. The third kappa shape index (κ3) is 2.21. The van der Waals surface area contributed by atoms with Crippen molar-refractivity contribution in [2.24, 2.45) is 0 Å². The van der Waals surface area contributed by atoms with Gasteiger partial charge >= 0.3 is 0 Å². The van der Waals surface area contributed by atoms with Gasteiger partial charge in [-0.25, -0.2) is 4.98 Å². The lowest BCUT2D eigenvalue weighted by molar-refractivity contribution is -0.108. The summed E-state index contributed by atoms with van der Waals surface area (Å²) in [5.74, 6) is -0.200. The fourth-order valence-corrected chi connectivity index (χ4v) is 2.06. The van der Waals surface area contributed by atoms with Crippen LogP contribution in [-0.4, -0.2) is 35.8 Å². The molecular formula is C11H13FN2O. The predicted molar refractivity (Wildman–Crippen MR) is 54.1 cm³/mol. The molecule has 2 heterocycles. The Morgan fingerprint density at radius 3 is 3.27 bits per heavy atom. The Balaban J connectivity index is 2.07. The van der Waals surface area contributed by atoms with Gasteiger partial charge in [0.1, 0.15) is 6.29 Å². The van der Waals surface area contributed by atoms with Crippen LogP contribution in [0.4, 0.5) is 4.39 Å². The molecule has 2 rings (SSSR count). The number of carbonyl (C=O) groups is 1. The summed E-state index contributed by atoms with van der Waals surface area (Å²) < 4.78 is 13.4. The second-order valence-corrected chi connectivity index (χ2v) is 3.80. The first kappa shape index (κ1) is 10.2. The summed E-state index contributed by atoms with van der Waals surface area (Å²) in [5.41, 5.74) is 0.672. The molecule has 80 valence electrons. The normalized spacial score (nSPS) is 21.8. The topological polar surface area (TPSA) is 33.2 Å². The monoisotopic (exact) mass is 208 g/mol. The van der Waals surface area contributed by atoms with Gasteiger partial charge in [0.2, 0.25) is 5.95 Å². The average Bonchev–Trinajstić information content (AvgIpc) is 2.68. The molecule has 1 unspecified atom stereocenters. The summed E-state index contributed by atoms with van der Waals surface area (Å²) in [6.07, 6.45) is 3.25. The molecule has 1 aliphatic rings. The standard InChI is InChI=1S/C11H13FN2O/c12-11-10(2-1-4-13-11)9-3-5-14(8-9)6-7-15/h1-2,4,7,9H,3,5-6,8H2. The van der Waals surface area contributed by atoms with E-state index in [1.165, 1.54) is 6.20 Å². The smallest absolute Gasteiger partial charge is 0.216 e. The van der Waals surface area contributed by atoms with E-state index in [0.29, 0.717) is 12.1 Å². The minimum absolute atomic E-state index is 0.179. The molecule has 1 aromatic heterocycles. The Morgan fingerprint density at radius 2 is 2.53 bits per heavy atom. The van der Waals surface area contributed by atoms with Crippen LogP contribution in [0.25, 0.3) is 0 Å². The van der Waals surface area contributed by atoms with Crippen LogP contribution in [0.2, 0.25) is 0 Å². The zero-order valence-electron chi connectivity index (χ0n) is 8.40. The van der Waals surface area contributed by atoms with Crippen LogP contribution in [0.3, 0.4) is 0 Å². The van der Waals surface area contributed by atoms with Gasteiger partial charge < -0.3 is 4.79 Å². The highest BCUT2D eigenvalue weighted by Gasteiger charge is 2.25. The lowest BCUT2D eigenvalue weighted by Gasteiger charge is -2.12. The van der Waals surface area contributed by atoms with Crippen molar-refractivity contribution in [2.75, 3.05) is 19.6 Å². The molecule has 1 aromatic rings. The average molecular weight is 208 g/mol. The van der Waals surface area contributed by atoms with E-state index in [1.54, 1.807) is 12.1 Å². The molecule has 15 heavy (non-hydrogen) atoms. The lowest BCUT2D eigenvalue weighted by Crippen LogP contribution is -2.22. The van der Waals surface area contributed by atoms with E-state index in [-0.39, 0.29) is 11.9 Å². The quantitative estimate of drug-likeness (QED) is 0.553. The van der Waals surface area contributed by atoms with Gasteiger partial charge in [0, 0.05) is 24.2 Å². The maximum Gasteiger partial charge on any atom is 0.216 e. The molecule has 1 fully saturated rings. The number of likely N-dealkylation sites (tertiary alicyclic amines) is 1. The van der Waals surface area contributed by atoms with E-state index in [4.69, 9.17) is 0 Å². The molecule has 4 heteroatoms. The van der Waals surface area contributed by atoms with Crippen molar-refractivity contribution in [3.05, 3.63) is 29.8 Å². The van der Waals surface area contributed by atoms with Crippen molar-refractivity contribution in [3.8, 4) is 0 Å². The third-order valence-electron chi connectivity index (χ3n) is 2.83. The number of pyridine rings is 1.